The molecule has 0 spiro atoms. The molecule has 1 saturated heterocycles. The molecule has 4 nitrogen and oxygen atoms in total. The first-order valence-corrected chi connectivity index (χ1v) is 6.84. The predicted molar refractivity (Wildman–Crippen MR) is 76.7 cm³/mol. The third kappa shape index (κ3) is 3.78. The molecule has 1 fully saturated rings. The lowest BCUT2D eigenvalue weighted by Gasteiger charge is -2.19. The van der Waals surface area contributed by atoms with Gasteiger partial charge in [-0.1, -0.05) is 35.8 Å². The fourth-order valence-corrected chi connectivity index (χ4v) is 2.27. The summed E-state index contributed by atoms with van der Waals surface area (Å²) in [6.07, 6.45) is 8.79. The zero-order valence-electron chi connectivity index (χ0n) is 11.0. The van der Waals surface area contributed by atoms with E-state index in [0.717, 1.165) is 13.0 Å². The van der Waals surface area contributed by atoms with E-state index in [-0.39, 0.29) is 6.04 Å². The zero-order chi connectivity index (χ0) is 13.7. The SMILES string of the molecule is C=C(/C=C(Cl)\C=C/C)c1noc([C@@H]2CCCCN2)n1. The van der Waals surface area contributed by atoms with Crippen LogP contribution in [0.3, 0.4) is 0 Å². The summed E-state index contributed by atoms with van der Waals surface area (Å²) in [5.41, 5.74) is 0.647. The summed E-state index contributed by atoms with van der Waals surface area (Å²) in [5.74, 6) is 1.12. The van der Waals surface area contributed by atoms with Crippen LogP contribution in [0.2, 0.25) is 0 Å². The van der Waals surface area contributed by atoms with Gasteiger partial charge in [-0.25, -0.2) is 0 Å². The summed E-state index contributed by atoms with van der Waals surface area (Å²) >= 11 is 6.00. The first-order chi connectivity index (χ1) is 9.20. The quantitative estimate of drug-likeness (QED) is 0.856. The van der Waals surface area contributed by atoms with Gasteiger partial charge in [-0.2, -0.15) is 4.98 Å². The average molecular weight is 280 g/mol. The zero-order valence-corrected chi connectivity index (χ0v) is 11.8. The minimum Gasteiger partial charge on any atom is -0.337 e. The van der Waals surface area contributed by atoms with E-state index < -0.39 is 0 Å². The Balaban J connectivity index is 2.07. The van der Waals surface area contributed by atoms with E-state index in [4.69, 9.17) is 16.1 Å². The summed E-state index contributed by atoms with van der Waals surface area (Å²) in [5, 5.41) is 7.91. The molecule has 5 heteroatoms. The summed E-state index contributed by atoms with van der Waals surface area (Å²) in [6.45, 7) is 6.80. The Bertz CT molecular complexity index is 499. The van der Waals surface area contributed by atoms with E-state index in [2.05, 4.69) is 22.0 Å². The van der Waals surface area contributed by atoms with Crippen LogP contribution >= 0.6 is 11.6 Å². The van der Waals surface area contributed by atoms with Crippen molar-refractivity contribution in [2.75, 3.05) is 6.54 Å². The molecular formula is C14H18ClN3O. The normalized spacial score (nSPS) is 20.9. The van der Waals surface area contributed by atoms with Gasteiger partial charge in [-0.15, -0.1) is 0 Å². The maximum atomic E-state index is 6.00. The molecule has 1 aliphatic rings. The van der Waals surface area contributed by atoms with Crippen LogP contribution < -0.4 is 5.32 Å². The lowest BCUT2D eigenvalue weighted by atomic mass is 10.1. The molecule has 0 aliphatic carbocycles. The number of piperidine rings is 1. The highest BCUT2D eigenvalue weighted by molar-refractivity contribution is 6.31. The fraction of sp³-hybridized carbons (Fsp3) is 0.429. The molecule has 0 unspecified atom stereocenters. The Labute approximate surface area is 118 Å². The smallest absolute Gasteiger partial charge is 0.244 e. The molecular weight excluding hydrogens is 262 g/mol. The third-order valence-corrected chi connectivity index (χ3v) is 3.21. The van der Waals surface area contributed by atoms with Crippen molar-refractivity contribution in [3.8, 4) is 0 Å². The molecule has 2 rings (SSSR count). The van der Waals surface area contributed by atoms with Gasteiger partial charge in [0.05, 0.1) is 6.04 Å². The van der Waals surface area contributed by atoms with Gasteiger partial charge in [-0.3, -0.25) is 0 Å². The van der Waals surface area contributed by atoms with Crippen molar-refractivity contribution in [1.29, 1.82) is 0 Å². The maximum absolute atomic E-state index is 6.00. The van der Waals surface area contributed by atoms with E-state index in [9.17, 15) is 0 Å². The molecule has 0 saturated carbocycles. The van der Waals surface area contributed by atoms with E-state index in [1.807, 2.05) is 13.0 Å². The summed E-state index contributed by atoms with van der Waals surface area (Å²) in [7, 11) is 0. The van der Waals surface area contributed by atoms with Crippen molar-refractivity contribution < 1.29 is 4.52 Å². The minimum absolute atomic E-state index is 0.165. The van der Waals surface area contributed by atoms with Gasteiger partial charge < -0.3 is 9.84 Å². The first-order valence-electron chi connectivity index (χ1n) is 6.47. The van der Waals surface area contributed by atoms with Crippen LogP contribution in [0.5, 0.6) is 0 Å². The third-order valence-electron chi connectivity index (χ3n) is 2.98. The number of halogens is 1. The average Bonchev–Trinajstić information content (AvgIpc) is 2.89. The lowest BCUT2D eigenvalue weighted by molar-refractivity contribution is 0.297. The number of nitrogens with zero attached hydrogens (tertiary/aromatic N) is 2. The van der Waals surface area contributed by atoms with Gasteiger partial charge in [0.25, 0.3) is 0 Å². The second-order valence-corrected chi connectivity index (χ2v) is 4.95. The standard InChI is InChI=1S/C14H18ClN3O/c1-3-6-11(15)9-10(2)13-17-14(19-18-13)12-7-4-5-8-16-12/h3,6,9,12,16H,2,4-5,7-8H2,1H3/b6-3-,11-9+/t12-/m0/s1. The molecule has 102 valence electrons. The van der Waals surface area contributed by atoms with Gasteiger partial charge in [0.15, 0.2) is 0 Å². The molecule has 1 atom stereocenters. The summed E-state index contributed by atoms with van der Waals surface area (Å²) in [4.78, 5) is 4.38. The highest BCUT2D eigenvalue weighted by Crippen LogP contribution is 2.23. The number of nitrogens with one attached hydrogen (secondary N) is 1. The van der Waals surface area contributed by atoms with Crippen LogP contribution in [0.4, 0.5) is 0 Å². The van der Waals surface area contributed by atoms with E-state index >= 15 is 0 Å². The topological polar surface area (TPSA) is 51.0 Å². The van der Waals surface area contributed by atoms with Crippen molar-refractivity contribution in [3.63, 3.8) is 0 Å². The largest absolute Gasteiger partial charge is 0.337 e. The molecule has 1 aromatic heterocycles. The monoisotopic (exact) mass is 279 g/mol. The van der Waals surface area contributed by atoms with Gasteiger partial charge in [0.2, 0.25) is 11.7 Å². The second-order valence-electron chi connectivity index (χ2n) is 4.51. The molecule has 1 aromatic rings. The van der Waals surface area contributed by atoms with Gasteiger partial charge in [0, 0.05) is 10.6 Å². The van der Waals surface area contributed by atoms with Crippen LogP contribution in [0.1, 0.15) is 43.9 Å². The van der Waals surface area contributed by atoms with Crippen molar-refractivity contribution in [1.82, 2.24) is 15.5 Å². The molecule has 1 N–H and O–H groups in total. The highest BCUT2D eigenvalue weighted by Gasteiger charge is 2.21. The van der Waals surface area contributed by atoms with Crippen LogP contribution in [-0.4, -0.2) is 16.7 Å². The van der Waals surface area contributed by atoms with Crippen LogP contribution in [0, 0.1) is 0 Å². The Morgan fingerprint density at radius 3 is 3.05 bits per heavy atom. The molecule has 0 radical (unpaired) electrons. The predicted octanol–water partition coefficient (Wildman–Crippen LogP) is 3.60. The number of hydrogen-bond acceptors (Lipinski definition) is 4. The molecule has 0 bridgehead atoms. The molecule has 1 aliphatic heterocycles. The van der Waals surface area contributed by atoms with E-state index in [0.29, 0.717) is 22.3 Å². The Morgan fingerprint density at radius 2 is 2.37 bits per heavy atom. The number of allylic oxidation sites excluding steroid dienone is 5. The Kier molecular flexibility index (Phi) is 4.93. The Hall–Kier alpha value is -1.39. The number of hydrogen-bond donors (Lipinski definition) is 1. The first kappa shape index (κ1) is 14.0. The molecule has 0 amide bonds. The Morgan fingerprint density at radius 1 is 1.53 bits per heavy atom. The van der Waals surface area contributed by atoms with Crippen LogP contribution in [0.15, 0.2) is 34.4 Å². The second kappa shape index (κ2) is 6.68. The van der Waals surface area contributed by atoms with Crippen molar-refractivity contribution in [2.24, 2.45) is 0 Å². The van der Waals surface area contributed by atoms with Crippen molar-refractivity contribution >= 4 is 17.2 Å². The minimum atomic E-state index is 0.165. The molecule has 0 aromatic carbocycles. The maximum Gasteiger partial charge on any atom is 0.244 e. The van der Waals surface area contributed by atoms with Gasteiger partial charge in [-0.05, 0) is 38.5 Å². The van der Waals surface area contributed by atoms with Crippen LogP contribution in [0.25, 0.3) is 5.57 Å². The molecule has 19 heavy (non-hydrogen) atoms. The van der Waals surface area contributed by atoms with Gasteiger partial charge in [0.1, 0.15) is 0 Å². The number of rotatable bonds is 4. The highest BCUT2D eigenvalue weighted by atomic mass is 35.5. The van der Waals surface area contributed by atoms with Crippen LogP contribution in [-0.2, 0) is 0 Å². The van der Waals surface area contributed by atoms with Crippen molar-refractivity contribution in [3.05, 3.63) is 41.6 Å². The molecule has 2 heterocycles. The lowest BCUT2D eigenvalue weighted by Crippen LogP contribution is -2.26. The van der Waals surface area contributed by atoms with E-state index in [1.165, 1.54) is 12.8 Å². The van der Waals surface area contributed by atoms with Gasteiger partial charge >= 0.3 is 0 Å². The number of aromatic nitrogens is 2. The fourth-order valence-electron chi connectivity index (χ4n) is 2.01. The van der Waals surface area contributed by atoms with E-state index in [1.54, 1.807) is 12.2 Å². The van der Waals surface area contributed by atoms with Crippen molar-refractivity contribution in [2.45, 2.75) is 32.2 Å². The summed E-state index contributed by atoms with van der Waals surface area (Å²) in [6, 6.07) is 0.165. The summed E-state index contributed by atoms with van der Waals surface area (Å²) < 4.78 is 5.29.